The summed E-state index contributed by atoms with van der Waals surface area (Å²) in [4.78, 5) is 24.1. The van der Waals surface area contributed by atoms with Crippen LogP contribution in [-0.2, 0) is 9.59 Å². The molecule has 0 atom stereocenters. The van der Waals surface area contributed by atoms with Crippen molar-refractivity contribution in [2.24, 2.45) is 5.73 Å². The van der Waals surface area contributed by atoms with Gasteiger partial charge in [0.05, 0.1) is 0 Å². The third kappa shape index (κ3) is 5.34. The summed E-state index contributed by atoms with van der Waals surface area (Å²) < 4.78 is 0. The average molecular weight is 217 g/mol. The predicted molar refractivity (Wildman–Crippen MR) is 56.0 cm³/mol. The summed E-state index contributed by atoms with van der Waals surface area (Å²) in [5, 5.41) is 11.0. The highest BCUT2D eigenvalue weighted by Crippen LogP contribution is 1.92. The number of hydrogen-bond acceptors (Lipinski definition) is 4. The summed E-state index contributed by atoms with van der Waals surface area (Å²) >= 11 is 0. The minimum absolute atomic E-state index is 0.00813. The first kappa shape index (κ1) is 13.9. The van der Waals surface area contributed by atoms with E-state index in [0.29, 0.717) is 32.6 Å². The standard InChI is InChI=1S/C9H19N3O3/c1-2-12(6-3-7-13)9(15)8(14)11-5-4-10/h13H,2-7,10H2,1H3,(H,11,14). The SMILES string of the molecule is CCN(CCCO)C(=O)C(=O)NCCN. The van der Waals surface area contributed by atoms with Gasteiger partial charge in [0.2, 0.25) is 0 Å². The minimum atomic E-state index is -0.639. The molecule has 0 saturated heterocycles. The van der Waals surface area contributed by atoms with Crippen molar-refractivity contribution in [1.82, 2.24) is 10.2 Å². The van der Waals surface area contributed by atoms with Crippen molar-refractivity contribution < 1.29 is 14.7 Å². The lowest BCUT2D eigenvalue weighted by atomic mass is 10.3. The fourth-order valence-corrected chi connectivity index (χ4v) is 1.07. The summed E-state index contributed by atoms with van der Waals surface area (Å²) in [6.45, 7) is 3.24. The quantitative estimate of drug-likeness (QED) is 0.462. The third-order valence-corrected chi connectivity index (χ3v) is 1.88. The molecule has 0 aliphatic heterocycles. The van der Waals surface area contributed by atoms with Gasteiger partial charge in [-0.3, -0.25) is 9.59 Å². The molecule has 0 aromatic heterocycles. The van der Waals surface area contributed by atoms with Crippen molar-refractivity contribution in [2.75, 3.05) is 32.8 Å². The zero-order valence-electron chi connectivity index (χ0n) is 9.03. The molecule has 6 nitrogen and oxygen atoms in total. The Balaban J connectivity index is 4.06. The van der Waals surface area contributed by atoms with Gasteiger partial charge in [0.1, 0.15) is 0 Å². The second kappa shape index (κ2) is 8.19. The molecule has 0 aliphatic carbocycles. The van der Waals surface area contributed by atoms with Crippen LogP contribution in [-0.4, -0.2) is 54.6 Å². The van der Waals surface area contributed by atoms with E-state index in [2.05, 4.69) is 5.32 Å². The average Bonchev–Trinajstić information content (AvgIpc) is 2.26. The van der Waals surface area contributed by atoms with Crippen LogP contribution in [0.25, 0.3) is 0 Å². The molecule has 0 aromatic rings. The minimum Gasteiger partial charge on any atom is -0.396 e. The molecule has 0 heterocycles. The number of nitrogens with zero attached hydrogens (tertiary/aromatic N) is 1. The van der Waals surface area contributed by atoms with Crippen molar-refractivity contribution in [3.05, 3.63) is 0 Å². The molecular weight excluding hydrogens is 198 g/mol. The molecular formula is C9H19N3O3. The summed E-state index contributed by atoms with van der Waals surface area (Å²) in [5.74, 6) is -1.21. The molecule has 2 amide bonds. The highest BCUT2D eigenvalue weighted by molar-refractivity contribution is 6.34. The molecule has 0 rings (SSSR count). The van der Waals surface area contributed by atoms with E-state index in [1.807, 2.05) is 0 Å². The Kier molecular flexibility index (Phi) is 7.57. The number of amides is 2. The molecule has 88 valence electrons. The van der Waals surface area contributed by atoms with E-state index in [4.69, 9.17) is 10.8 Å². The molecule has 4 N–H and O–H groups in total. The lowest BCUT2D eigenvalue weighted by molar-refractivity contribution is -0.145. The molecule has 0 aromatic carbocycles. The summed E-state index contributed by atoms with van der Waals surface area (Å²) in [6.07, 6.45) is 0.476. The van der Waals surface area contributed by atoms with Gasteiger partial charge in [-0.1, -0.05) is 0 Å². The summed E-state index contributed by atoms with van der Waals surface area (Å²) in [7, 11) is 0. The lowest BCUT2D eigenvalue weighted by Gasteiger charge is -2.19. The Bertz CT molecular complexity index is 209. The monoisotopic (exact) mass is 217 g/mol. The molecule has 6 heteroatoms. The Morgan fingerprint density at radius 1 is 1.47 bits per heavy atom. The molecule has 0 saturated carbocycles. The van der Waals surface area contributed by atoms with Gasteiger partial charge in [-0.05, 0) is 13.3 Å². The van der Waals surface area contributed by atoms with Crippen molar-refractivity contribution in [3.63, 3.8) is 0 Å². The number of nitrogens with two attached hydrogens (primary N) is 1. The van der Waals surface area contributed by atoms with Crippen LogP contribution in [0.5, 0.6) is 0 Å². The second-order valence-corrected chi connectivity index (χ2v) is 3.01. The number of aliphatic hydroxyl groups excluding tert-OH is 1. The molecule has 0 radical (unpaired) electrons. The van der Waals surface area contributed by atoms with Crippen LogP contribution in [0.15, 0.2) is 0 Å². The van der Waals surface area contributed by atoms with Crippen LogP contribution in [0, 0.1) is 0 Å². The van der Waals surface area contributed by atoms with Crippen LogP contribution in [0.1, 0.15) is 13.3 Å². The number of nitrogens with one attached hydrogen (secondary N) is 1. The zero-order valence-corrected chi connectivity index (χ0v) is 9.03. The van der Waals surface area contributed by atoms with E-state index in [9.17, 15) is 9.59 Å². The van der Waals surface area contributed by atoms with Gasteiger partial charge >= 0.3 is 11.8 Å². The van der Waals surface area contributed by atoms with Gasteiger partial charge in [0.15, 0.2) is 0 Å². The highest BCUT2D eigenvalue weighted by Gasteiger charge is 2.19. The number of hydrogen-bond donors (Lipinski definition) is 3. The fourth-order valence-electron chi connectivity index (χ4n) is 1.07. The van der Waals surface area contributed by atoms with Gasteiger partial charge in [0, 0.05) is 32.8 Å². The van der Waals surface area contributed by atoms with Gasteiger partial charge in [0.25, 0.3) is 0 Å². The van der Waals surface area contributed by atoms with Crippen LogP contribution in [0.4, 0.5) is 0 Å². The molecule has 0 bridgehead atoms. The number of carbonyl (C=O) groups is 2. The smallest absolute Gasteiger partial charge is 0.311 e. The van der Waals surface area contributed by atoms with Gasteiger partial charge in [-0.15, -0.1) is 0 Å². The maximum Gasteiger partial charge on any atom is 0.311 e. The number of likely N-dealkylation sites (N-methyl/N-ethyl adjacent to an activating group) is 1. The Morgan fingerprint density at radius 3 is 2.60 bits per heavy atom. The van der Waals surface area contributed by atoms with Gasteiger partial charge in [-0.25, -0.2) is 0 Å². The molecule has 0 fully saturated rings. The van der Waals surface area contributed by atoms with Gasteiger partial charge in [-0.2, -0.15) is 0 Å². The Hall–Kier alpha value is -1.14. The molecule has 15 heavy (non-hydrogen) atoms. The van der Waals surface area contributed by atoms with Crippen LogP contribution >= 0.6 is 0 Å². The van der Waals surface area contributed by atoms with Crippen molar-refractivity contribution in [3.8, 4) is 0 Å². The van der Waals surface area contributed by atoms with Crippen molar-refractivity contribution in [2.45, 2.75) is 13.3 Å². The van der Waals surface area contributed by atoms with E-state index < -0.39 is 11.8 Å². The first-order valence-corrected chi connectivity index (χ1v) is 5.05. The maximum atomic E-state index is 11.5. The zero-order chi connectivity index (χ0) is 11.7. The van der Waals surface area contributed by atoms with E-state index in [-0.39, 0.29) is 6.61 Å². The molecule has 0 unspecified atom stereocenters. The lowest BCUT2D eigenvalue weighted by Crippen LogP contribution is -2.44. The topological polar surface area (TPSA) is 95.7 Å². The van der Waals surface area contributed by atoms with Crippen molar-refractivity contribution in [1.29, 1.82) is 0 Å². The molecule has 0 spiro atoms. The summed E-state index contributed by atoms with van der Waals surface area (Å²) in [6, 6.07) is 0. The van der Waals surface area contributed by atoms with E-state index in [0.717, 1.165) is 0 Å². The van der Waals surface area contributed by atoms with Gasteiger partial charge < -0.3 is 21.1 Å². The first-order valence-electron chi connectivity index (χ1n) is 5.05. The number of carbonyl (C=O) groups excluding carboxylic acids is 2. The van der Waals surface area contributed by atoms with Crippen LogP contribution in [0.2, 0.25) is 0 Å². The number of aliphatic hydroxyl groups is 1. The Morgan fingerprint density at radius 2 is 2.13 bits per heavy atom. The predicted octanol–water partition coefficient (Wildman–Crippen LogP) is -1.71. The van der Waals surface area contributed by atoms with E-state index in [1.54, 1.807) is 6.92 Å². The highest BCUT2D eigenvalue weighted by atomic mass is 16.3. The normalized spacial score (nSPS) is 9.80. The largest absolute Gasteiger partial charge is 0.396 e. The van der Waals surface area contributed by atoms with Crippen LogP contribution < -0.4 is 11.1 Å². The Labute approximate surface area is 89.4 Å². The first-order chi connectivity index (χ1) is 7.17. The number of rotatable bonds is 6. The van der Waals surface area contributed by atoms with E-state index in [1.165, 1.54) is 4.90 Å². The van der Waals surface area contributed by atoms with Crippen molar-refractivity contribution >= 4 is 11.8 Å². The second-order valence-electron chi connectivity index (χ2n) is 3.01. The molecule has 0 aliphatic rings. The van der Waals surface area contributed by atoms with E-state index >= 15 is 0 Å². The third-order valence-electron chi connectivity index (χ3n) is 1.88. The fraction of sp³-hybridized carbons (Fsp3) is 0.778. The maximum absolute atomic E-state index is 11.5. The summed E-state index contributed by atoms with van der Waals surface area (Å²) in [5.41, 5.74) is 5.19. The van der Waals surface area contributed by atoms with Crippen LogP contribution in [0.3, 0.4) is 0 Å².